The molecule has 1 aliphatic rings. The Morgan fingerprint density at radius 1 is 1.11 bits per heavy atom. The minimum absolute atomic E-state index is 0.150. The van der Waals surface area contributed by atoms with Crippen molar-refractivity contribution in [2.24, 2.45) is 5.92 Å². The molecule has 1 atom stereocenters. The predicted octanol–water partition coefficient (Wildman–Crippen LogP) is 3.00. The summed E-state index contributed by atoms with van der Waals surface area (Å²) in [5.41, 5.74) is 0.872. The summed E-state index contributed by atoms with van der Waals surface area (Å²) in [7, 11) is -1.96. The Morgan fingerprint density at radius 3 is 2.57 bits per heavy atom. The van der Waals surface area contributed by atoms with Gasteiger partial charge in [0.15, 0.2) is 0 Å². The van der Waals surface area contributed by atoms with Gasteiger partial charge in [-0.2, -0.15) is 4.31 Å². The van der Waals surface area contributed by atoms with Gasteiger partial charge in [0.25, 0.3) is 0 Å². The molecule has 1 aromatic heterocycles. The van der Waals surface area contributed by atoms with Crippen LogP contribution in [-0.4, -0.2) is 43.1 Å². The highest BCUT2D eigenvalue weighted by molar-refractivity contribution is 7.89. The van der Waals surface area contributed by atoms with Crippen LogP contribution >= 0.6 is 0 Å². The molecule has 0 aliphatic carbocycles. The SMILES string of the molecule is COc1ccc(S(=O)(=O)N2CCC(Cc3nnc(-c4ccccc4)o3)C2)cc1. The Balaban J connectivity index is 1.42. The van der Waals surface area contributed by atoms with Crippen molar-refractivity contribution in [3.05, 3.63) is 60.5 Å². The molecular formula is C20H21N3O4S. The lowest BCUT2D eigenvalue weighted by Crippen LogP contribution is -2.29. The second-order valence-electron chi connectivity index (χ2n) is 6.76. The quantitative estimate of drug-likeness (QED) is 0.633. The summed E-state index contributed by atoms with van der Waals surface area (Å²) in [6, 6.07) is 16.0. The van der Waals surface area contributed by atoms with Gasteiger partial charge in [0.1, 0.15) is 5.75 Å². The van der Waals surface area contributed by atoms with E-state index in [0.717, 1.165) is 12.0 Å². The van der Waals surface area contributed by atoms with Gasteiger partial charge in [-0.1, -0.05) is 18.2 Å². The molecule has 0 amide bonds. The molecule has 146 valence electrons. The maximum Gasteiger partial charge on any atom is 0.247 e. The zero-order valence-electron chi connectivity index (χ0n) is 15.5. The van der Waals surface area contributed by atoms with Gasteiger partial charge in [0, 0.05) is 25.1 Å². The first kappa shape index (κ1) is 18.6. The molecular weight excluding hydrogens is 378 g/mol. The van der Waals surface area contributed by atoms with E-state index in [2.05, 4.69) is 10.2 Å². The summed E-state index contributed by atoms with van der Waals surface area (Å²) in [4.78, 5) is 0.276. The first-order valence-electron chi connectivity index (χ1n) is 9.08. The fraction of sp³-hybridized carbons (Fsp3) is 0.300. The Kier molecular flexibility index (Phi) is 5.15. The van der Waals surface area contributed by atoms with Crippen LogP contribution < -0.4 is 4.74 Å². The molecule has 4 rings (SSSR count). The first-order chi connectivity index (χ1) is 13.6. The number of methoxy groups -OCH3 is 1. The van der Waals surface area contributed by atoms with Crippen LogP contribution in [0.1, 0.15) is 12.3 Å². The van der Waals surface area contributed by atoms with Gasteiger partial charge in [0.05, 0.1) is 12.0 Å². The van der Waals surface area contributed by atoms with E-state index in [1.165, 1.54) is 4.31 Å². The molecule has 1 saturated heterocycles. The van der Waals surface area contributed by atoms with Crippen molar-refractivity contribution >= 4 is 10.0 Å². The fourth-order valence-electron chi connectivity index (χ4n) is 3.36. The number of nitrogens with zero attached hydrogens (tertiary/aromatic N) is 3. The van der Waals surface area contributed by atoms with Gasteiger partial charge in [-0.3, -0.25) is 0 Å². The van der Waals surface area contributed by atoms with E-state index in [4.69, 9.17) is 9.15 Å². The molecule has 2 heterocycles. The summed E-state index contributed by atoms with van der Waals surface area (Å²) in [5, 5.41) is 8.22. The van der Waals surface area contributed by atoms with E-state index in [-0.39, 0.29) is 10.8 Å². The van der Waals surface area contributed by atoms with Crippen LogP contribution in [-0.2, 0) is 16.4 Å². The minimum atomic E-state index is -3.52. The monoisotopic (exact) mass is 399 g/mol. The standard InChI is InChI=1S/C20H21N3O4S/c1-26-17-7-9-18(10-8-17)28(24,25)23-12-11-15(14-23)13-19-21-22-20(27-19)16-5-3-2-4-6-16/h2-10,15H,11-14H2,1H3. The van der Waals surface area contributed by atoms with Crippen molar-refractivity contribution in [1.82, 2.24) is 14.5 Å². The Hall–Kier alpha value is -2.71. The molecule has 1 fully saturated rings. The molecule has 1 unspecified atom stereocenters. The molecule has 8 heteroatoms. The van der Waals surface area contributed by atoms with Crippen molar-refractivity contribution in [1.29, 1.82) is 0 Å². The summed E-state index contributed by atoms with van der Waals surface area (Å²) < 4.78 is 38.1. The van der Waals surface area contributed by atoms with E-state index >= 15 is 0 Å². The fourth-order valence-corrected chi connectivity index (χ4v) is 4.89. The summed E-state index contributed by atoms with van der Waals surface area (Å²) in [5.74, 6) is 1.80. The number of hydrogen-bond acceptors (Lipinski definition) is 6. The summed E-state index contributed by atoms with van der Waals surface area (Å²) in [6.07, 6.45) is 1.33. The van der Waals surface area contributed by atoms with Gasteiger partial charge >= 0.3 is 0 Å². The van der Waals surface area contributed by atoms with E-state index < -0.39 is 10.0 Å². The maximum atomic E-state index is 12.9. The number of aromatic nitrogens is 2. The van der Waals surface area contributed by atoms with Gasteiger partial charge in [-0.05, 0) is 48.7 Å². The van der Waals surface area contributed by atoms with E-state index in [0.29, 0.717) is 37.0 Å². The zero-order valence-corrected chi connectivity index (χ0v) is 16.3. The van der Waals surface area contributed by atoms with Crippen LogP contribution in [0.4, 0.5) is 0 Å². The van der Waals surface area contributed by atoms with Crippen molar-refractivity contribution < 1.29 is 17.6 Å². The number of rotatable bonds is 6. The smallest absolute Gasteiger partial charge is 0.247 e. The normalized spacial score (nSPS) is 17.7. The second kappa shape index (κ2) is 7.73. The van der Waals surface area contributed by atoms with Crippen LogP contribution in [0.5, 0.6) is 5.75 Å². The number of benzene rings is 2. The lowest BCUT2D eigenvalue weighted by atomic mass is 10.1. The van der Waals surface area contributed by atoms with E-state index in [1.54, 1.807) is 31.4 Å². The Morgan fingerprint density at radius 2 is 1.86 bits per heavy atom. The molecule has 0 N–H and O–H groups in total. The van der Waals surface area contributed by atoms with Crippen LogP contribution in [0.2, 0.25) is 0 Å². The highest BCUT2D eigenvalue weighted by Gasteiger charge is 2.33. The minimum Gasteiger partial charge on any atom is -0.497 e. The van der Waals surface area contributed by atoms with Gasteiger partial charge in [0.2, 0.25) is 21.8 Å². The van der Waals surface area contributed by atoms with Crippen molar-refractivity contribution in [3.63, 3.8) is 0 Å². The maximum absolute atomic E-state index is 12.9. The molecule has 2 aromatic carbocycles. The average molecular weight is 399 g/mol. The third kappa shape index (κ3) is 3.79. The van der Waals surface area contributed by atoms with Crippen LogP contribution in [0.3, 0.4) is 0 Å². The zero-order chi connectivity index (χ0) is 19.6. The van der Waals surface area contributed by atoms with Gasteiger partial charge < -0.3 is 9.15 Å². The third-order valence-electron chi connectivity index (χ3n) is 4.90. The predicted molar refractivity (Wildman–Crippen MR) is 103 cm³/mol. The molecule has 0 spiro atoms. The average Bonchev–Trinajstić information content (AvgIpc) is 3.39. The van der Waals surface area contributed by atoms with E-state index in [1.807, 2.05) is 30.3 Å². The molecule has 0 bridgehead atoms. The topological polar surface area (TPSA) is 85.5 Å². The number of hydrogen-bond donors (Lipinski definition) is 0. The summed E-state index contributed by atoms with van der Waals surface area (Å²) >= 11 is 0. The van der Waals surface area contributed by atoms with Gasteiger partial charge in [-0.25, -0.2) is 8.42 Å². The molecule has 3 aromatic rings. The van der Waals surface area contributed by atoms with Crippen molar-refractivity contribution in [3.8, 4) is 17.2 Å². The highest BCUT2D eigenvalue weighted by Crippen LogP contribution is 2.28. The number of sulfonamides is 1. The lowest BCUT2D eigenvalue weighted by Gasteiger charge is -2.16. The molecule has 28 heavy (non-hydrogen) atoms. The second-order valence-corrected chi connectivity index (χ2v) is 8.70. The molecule has 0 radical (unpaired) electrons. The van der Waals surface area contributed by atoms with Crippen LogP contribution in [0, 0.1) is 5.92 Å². The molecule has 1 aliphatic heterocycles. The van der Waals surface area contributed by atoms with Gasteiger partial charge in [-0.15, -0.1) is 10.2 Å². The van der Waals surface area contributed by atoms with Crippen LogP contribution in [0.15, 0.2) is 63.9 Å². The Bertz CT molecular complexity index is 1030. The summed E-state index contributed by atoms with van der Waals surface area (Å²) in [6.45, 7) is 0.927. The first-order valence-corrected chi connectivity index (χ1v) is 10.5. The lowest BCUT2D eigenvalue weighted by molar-refractivity contribution is 0.413. The largest absolute Gasteiger partial charge is 0.497 e. The third-order valence-corrected chi connectivity index (χ3v) is 6.78. The van der Waals surface area contributed by atoms with E-state index in [9.17, 15) is 8.42 Å². The van der Waals surface area contributed by atoms with Crippen molar-refractivity contribution in [2.75, 3.05) is 20.2 Å². The van der Waals surface area contributed by atoms with Crippen LogP contribution in [0.25, 0.3) is 11.5 Å². The highest BCUT2D eigenvalue weighted by atomic mass is 32.2. The molecule has 0 saturated carbocycles. The number of ether oxygens (including phenoxy) is 1. The van der Waals surface area contributed by atoms with Crippen molar-refractivity contribution in [2.45, 2.75) is 17.7 Å². The Labute approximate surface area is 164 Å². The molecule has 7 nitrogen and oxygen atoms in total.